The Kier molecular flexibility index (Phi) is 5.55. The molecule has 122 valence electrons. The minimum atomic E-state index is -0.108. The number of aryl methyl sites for hydroxylation is 1. The topological polar surface area (TPSA) is 67.8 Å². The zero-order valence-electron chi connectivity index (χ0n) is 13.1. The summed E-state index contributed by atoms with van der Waals surface area (Å²) in [7, 11) is 0. The zero-order valence-corrected chi connectivity index (χ0v) is 14.7. The lowest BCUT2D eigenvalue weighted by Crippen LogP contribution is -2.13. The van der Waals surface area contributed by atoms with E-state index in [-0.39, 0.29) is 11.7 Å². The highest BCUT2D eigenvalue weighted by molar-refractivity contribution is 7.99. The van der Waals surface area contributed by atoms with E-state index in [2.05, 4.69) is 51.5 Å². The van der Waals surface area contributed by atoms with Crippen LogP contribution in [-0.2, 0) is 11.2 Å². The number of carbonyl (C=O) groups excluding carboxylic acids is 1. The van der Waals surface area contributed by atoms with Crippen LogP contribution in [0.4, 0.5) is 5.13 Å². The van der Waals surface area contributed by atoms with Gasteiger partial charge in [0.2, 0.25) is 5.91 Å². The van der Waals surface area contributed by atoms with Gasteiger partial charge in [0.05, 0.1) is 5.75 Å². The summed E-state index contributed by atoms with van der Waals surface area (Å²) in [5.74, 6) is 0.153. The fraction of sp³-hybridized carbons (Fsp3) is 0.176. The molecule has 0 aliphatic carbocycles. The third-order valence-electron chi connectivity index (χ3n) is 3.17. The van der Waals surface area contributed by atoms with Gasteiger partial charge in [-0.15, -0.1) is 11.3 Å². The lowest BCUT2D eigenvalue weighted by molar-refractivity contribution is -0.113. The summed E-state index contributed by atoms with van der Waals surface area (Å²) in [5, 5.41) is 4.03. The minimum absolute atomic E-state index is 0.108. The van der Waals surface area contributed by atoms with Gasteiger partial charge in [0.1, 0.15) is 0 Å². The van der Waals surface area contributed by atoms with Gasteiger partial charge in [-0.05, 0) is 18.6 Å². The largest absolute Gasteiger partial charge is 0.301 e. The molecule has 0 saturated heterocycles. The predicted molar refractivity (Wildman–Crippen MR) is 97.5 cm³/mol. The molecule has 5 nitrogen and oxygen atoms in total. The number of thiazole rings is 1. The van der Waals surface area contributed by atoms with Crippen molar-refractivity contribution < 1.29 is 4.79 Å². The third-order valence-corrected chi connectivity index (χ3v) is 4.96. The smallest absolute Gasteiger partial charge is 0.236 e. The average Bonchev–Trinajstić information content (AvgIpc) is 3.03. The van der Waals surface area contributed by atoms with E-state index in [1.54, 1.807) is 18.5 Å². The van der Waals surface area contributed by atoms with Crippen molar-refractivity contribution in [2.24, 2.45) is 0 Å². The lowest BCUT2D eigenvalue weighted by atomic mass is 10.1. The van der Waals surface area contributed by atoms with E-state index >= 15 is 0 Å². The molecule has 2 heterocycles. The molecule has 0 aliphatic heterocycles. The number of benzene rings is 1. The number of amides is 1. The second kappa shape index (κ2) is 8.03. The van der Waals surface area contributed by atoms with E-state index in [0.29, 0.717) is 10.3 Å². The van der Waals surface area contributed by atoms with Crippen LogP contribution in [0.2, 0.25) is 0 Å². The summed E-state index contributed by atoms with van der Waals surface area (Å²) < 4.78 is 0. The van der Waals surface area contributed by atoms with Crippen molar-refractivity contribution in [3.05, 3.63) is 64.9 Å². The Morgan fingerprint density at radius 1 is 1.17 bits per heavy atom. The Bertz CT molecular complexity index is 803. The van der Waals surface area contributed by atoms with Crippen LogP contribution in [0.5, 0.6) is 0 Å². The molecule has 3 aromatic rings. The standard InChI is InChI=1S/C17H16N4OS2/c1-12-3-5-13(6-4-12)9-14-10-20-17(24-14)21-15(22)11-23-16-18-7-2-8-19-16/h2-8,10H,9,11H2,1H3,(H,20,21,22). The van der Waals surface area contributed by atoms with Crippen molar-refractivity contribution in [2.45, 2.75) is 18.5 Å². The molecule has 0 saturated carbocycles. The normalized spacial score (nSPS) is 10.5. The van der Waals surface area contributed by atoms with Crippen LogP contribution >= 0.6 is 23.1 Å². The van der Waals surface area contributed by atoms with E-state index < -0.39 is 0 Å². The highest BCUT2D eigenvalue weighted by Gasteiger charge is 2.09. The molecule has 3 rings (SSSR count). The third kappa shape index (κ3) is 4.87. The molecular formula is C17H16N4OS2. The van der Waals surface area contributed by atoms with Crippen LogP contribution < -0.4 is 5.32 Å². The Labute approximate surface area is 148 Å². The molecule has 2 aromatic heterocycles. The van der Waals surface area contributed by atoms with Crippen LogP contribution in [-0.4, -0.2) is 26.6 Å². The van der Waals surface area contributed by atoms with Crippen molar-refractivity contribution in [1.82, 2.24) is 15.0 Å². The van der Waals surface area contributed by atoms with Gasteiger partial charge in [-0.2, -0.15) is 0 Å². The van der Waals surface area contributed by atoms with E-state index in [9.17, 15) is 4.79 Å². The lowest BCUT2D eigenvalue weighted by Gasteiger charge is -2.01. The van der Waals surface area contributed by atoms with Crippen molar-refractivity contribution >= 4 is 34.1 Å². The van der Waals surface area contributed by atoms with Crippen molar-refractivity contribution in [3.8, 4) is 0 Å². The zero-order chi connectivity index (χ0) is 16.8. The van der Waals surface area contributed by atoms with E-state index in [1.165, 1.54) is 34.2 Å². The number of aromatic nitrogens is 3. The van der Waals surface area contributed by atoms with Crippen molar-refractivity contribution in [2.75, 3.05) is 11.1 Å². The summed E-state index contributed by atoms with van der Waals surface area (Å²) in [6.45, 7) is 2.07. The molecule has 1 amide bonds. The van der Waals surface area contributed by atoms with Gasteiger partial charge in [0.25, 0.3) is 0 Å². The number of rotatable bonds is 6. The predicted octanol–water partition coefficient (Wildman–Crippen LogP) is 3.56. The van der Waals surface area contributed by atoms with E-state index in [4.69, 9.17) is 0 Å². The monoisotopic (exact) mass is 356 g/mol. The fourth-order valence-corrected chi connectivity index (χ4v) is 3.47. The molecule has 1 N–H and O–H groups in total. The van der Waals surface area contributed by atoms with E-state index in [1.807, 2.05) is 6.20 Å². The minimum Gasteiger partial charge on any atom is -0.301 e. The first-order valence-electron chi connectivity index (χ1n) is 7.39. The number of nitrogens with one attached hydrogen (secondary N) is 1. The first-order chi connectivity index (χ1) is 11.7. The Hall–Kier alpha value is -2.25. The molecule has 0 atom stereocenters. The summed E-state index contributed by atoms with van der Waals surface area (Å²) in [5.41, 5.74) is 2.48. The number of nitrogens with zero attached hydrogens (tertiary/aromatic N) is 3. The Balaban J connectivity index is 1.51. The average molecular weight is 356 g/mol. The Morgan fingerprint density at radius 2 is 1.92 bits per heavy atom. The van der Waals surface area contributed by atoms with Crippen molar-refractivity contribution in [1.29, 1.82) is 0 Å². The quantitative estimate of drug-likeness (QED) is 0.540. The molecule has 1 aromatic carbocycles. The fourth-order valence-electron chi connectivity index (χ4n) is 2.00. The molecule has 0 bridgehead atoms. The molecule has 0 aliphatic rings. The van der Waals surface area contributed by atoms with Crippen LogP contribution in [0.15, 0.2) is 54.1 Å². The SMILES string of the molecule is Cc1ccc(Cc2cnc(NC(=O)CSc3ncccn3)s2)cc1. The molecule has 7 heteroatoms. The molecular weight excluding hydrogens is 340 g/mol. The first-order valence-corrected chi connectivity index (χ1v) is 9.19. The van der Waals surface area contributed by atoms with Gasteiger partial charge in [-0.3, -0.25) is 4.79 Å². The number of hydrogen-bond acceptors (Lipinski definition) is 6. The van der Waals surface area contributed by atoms with Crippen LogP contribution in [0.3, 0.4) is 0 Å². The van der Waals surface area contributed by atoms with Crippen LogP contribution in [0.1, 0.15) is 16.0 Å². The maximum Gasteiger partial charge on any atom is 0.236 e. The van der Waals surface area contributed by atoms with E-state index in [0.717, 1.165) is 11.3 Å². The van der Waals surface area contributed by atoms with Crippen LogP contribution in [0, 0.1) is 6.92 Å². The first kappa shape index (κ1) is 16.6. The number of carbonyl (C=O) groups is 1. The molecule has 24 heavy (non-hydrogen) atoms. The summed E-state index contributed by atoms with van der Waals surface area (Å²) >= 11 is 2.80. The second-order valence-electron chi connectivity index (χ2n) is 5.16. The number of anilines is 1. The maximum atomic E-state index is 12.0. The Morgan fingerprint density at radius 3 is 2.67 bits per heavy atom. The van der Waals surface area contributed by atoms with Gasteiger partial charge >= 0.3 is 0 Å². The van der Waals surface area contributed by atoms with Crippen molar-refractivity contribution in [3.63, 3.8) is 0 Å². The summed E-state index contributed by atoms with van der Waals surface area (Å²) in [6.07, 6.45) is 5.95. The molecule has 0 spiro atoms. The second-order valence-corrected chi connectivity index (χ2v) is 7.22. The van der Waals surface area contributed by atoms with Gasteiger partial charge in [0.15, 0.2) is 10.3 Å². The number of thioether (sulfide) groups is 1. The van der Waals surface area contributed by atoms with Gasteiger partial charge < -0.3 is 5.32 Å². The van der Waals surface area contributed by atoms with Gasteiger partial charge in [-0.1, -0.05) is 41.6 Å². The van der Waals surface area contributed by atoms with Gasteiger partial charge in [0, 0.05) is 29.9 Å². The highest BCUT2D eigenvalue weighted by atomic mass is 32.2. The summed E-state index contributed by atoms with van der Waals surface area (Å²) in [4.78, 5) is 25.5. The molecule has 0 radical (unpaired) electrons. The number of hydrogen-bond donors (Lipinski definition) is 1. The van der Waals surface area contributed by atoms with Gasteiger partial charge in [-0.25, -0.2) is 15.0 Å². The van der Waals surface area contributed by atoms with Crippen LogP contribution in [0.25, 0.3) is 0 Å². The summed E-state index contributed by atoms with van der Waals surface area (Å²) in [6, 6.07) is 10.2. The molecule has 0 unspecified atom stereocenters. The molecule has 0 fully saturated rings. The maximum absolute atomic E-state index is 12.0. The highest BCUT2D eigenvalue weighted by Crippen LogP contribution is 2.22.